The van der Waals surface area contributed by atoms with Crippen molar-refractivity contribution in [1.29, 1.82) is 0 Å². The van der Waals surface area contributed by atoms with Crippen molar-refractivity contribution in [3.05, 3.63) is 45.0 Å². The summed E-state index contributed by atoms with van der Waals surface area (Å²) in [6, 6.07) is 8.94. The molecule has 1 aromatic heterocycles. The van der Waals surface area contributed by atoms with E-state index >= 15 is 0 Å². The summed E-state index contributed by atoms with van der Waals surface area (Å²) in [6.45, 7) is 0. The smallest absolute Gasteiger partial charge is 0.153 e. The Kier molecular flexibility index (Phi) is 3.63. The summed E-state index contributed by atoms with van der Waals surface area (Å²) in [5, 5.41) is 11.7. The van der Waals surface area contributed by atoms with E-state index in [-0.39, 0.29) is 0 Å². The van der Waals surface area contributed by atoms with Crippen molar-refractivity contribution in [1.82, 2.24) is 10.2 Å². The molecule has 1 aromatic carbocycles. The van der Waals surface area contributed by atoms with Crippen LogP contribution in [0.1, 0.15) is 0 Å². The standard InChI is InChI=1S/C10H6BrCl2N3/c11-7-2-1-6(5-8(7)12)14-10-4-3-9(13)15-16-10/h1-5H,(H,14,16). The molecule has 3 nitrogen and oxygen atoms in total. The molecule has 2 rings (SSSR count). The molecule has 0 radical (unpaired) electrons. The minimum atomic E-state index is 0.361. The highest BCUT2D eigenvalue weighted by Crippen LogP contribution is 2.26. The van der Waals surface area contributed by atoms with Gasteiger partial charge in [-0.2, -0.15) is 0 Å². The van der Waals surface area contributed by atoms with Gasteiger partial charge in [0.25, 0.3) is 0 Å². The summed E-state index contributed by atoms with van der Waals surface area (Å²) in [7, 11) is 0. The van der Waals surface area contributed by atoms with Crippen molar-refractivity contribution in [3.8, 4) is 0 Å². The van der Waals surface area contributed by atoms with Crippen LogP contribution in [-0.2, 0) is 0 Å². The maximum absolute atomic E-state index is 5.96. The van der Waals surface area contributed by atoms with Gasteiger partial charge in [0.2, 0.25) is 0 Å². The summed E-state index contributed by atoms with van der Waals surface area (Å²) in [5.74, 6) is 0.614. The minimum absolute atomic E-state index is 0.361. The predicted molar refractivity (Wildman–Crippen MR) is 69.5 cm³/mol. The van der Waals surface area contributed by atoms with Gasteiger partial charge in [0, 0.05) is 10.2 Å². The van der Waals surface area contributed by atoms with Crippen LogP contribution in [0.15, 0.2) is 34.8 Å². The summed E-state index contributed by atoms with van der Waals surface area (Å²) >= 11 is 14.9. The Morgan fingerprint density at radius 3 is 2.50 bits per heavy atom. The lowest BCUT2D eigenvalue weighted by molar-refractivity contribution is 1.04. The highest BCUT2D eigenvalue weighted by molar-refractivity contribution is 9.10. The highest BCUT2D eigenvalue weighted by Gasteiger charge is 2.00. The maximum Gasteiger partial charge on any atom is 0.153 e. The van der Waals surface area contributed by atoms with Gasteiger partial charge in [0.1, 0.15) is 0 Å². The number of halogens is 3. The van der Waals surface area contributed by atoms with E-state index in [2.05, 4.69) is 31.4 Å². The monoisotopic (exact) mass is 317 g/mol. The van der Waals surface area contributed by atoms with E-state index < -0.39 is 0 Å². The Bertz CT molecular complexity index is 502. The van der Waals surface area contributed by atoms with Gasteiger partial charge in [-0.15, -0.1) is 10.2 Å². The predicted octanol–water partition coefficient (Wildman–Crippen LogP) is 4.29. The van der Waals surface area contributed by atoms with Crippen molar-refractivity contribution in [2.75, 3.05) is 5.32 Å². The van der Waals surface area contributed by atoms with E-state index in [1.54, 1.807) is 18.2 Å². The second-order valence-electron chi connectivity index (χ2n) is 3.00. The summed E-state index contributed by atoms with van der Waals surface area (Å²) in [4.78, 5) is 0. The maximum atomic E-state index is 5.96. The van der Waals surface area contributed by atoms with E-state index in [1.165, 1.54) is 0 Å². The van der Waals surface area contributed by atoms with Crippen LogP contribution >= 0.6 is 39.1 Å². The fourth-order valence-corrected chi connectivity index (χ4v) is 1.63. The van der Waals surface area contributed by atoms with Crippen LogP contribution in [0.3, 0.4) is 0 Å². The second-order valence-corrected chi connectivity index (χ2v) is 4.64. The third kappa shape index (κ3) is 2.84. The average Bonchev–Trinajstić information content (AvgIpc) is 2.27. The molecule has 0 saturated heterocycles. The SMILES string of the molecule is Clc1ccc(Nc2ccc(Br)c(Cl)c2)nn1. The van der Waals surface area contributed by atoms with Gasteiger partial charge < -0.3 is 5.32 Å². The minimum Gasteiger partial charge on any atom is -0.339 e. The normalized spacial score (nSPS) is 10.2. The lowest BCUT2D eigenvalue weighted by Gasteiger charge is -2.05. The first-order valence-electron chi connectivity index (χ1n) is 4.36. The Balaban J connectivity index is 2.20. The molecule has 0 bridgehead atoms. The first-order chi connectivity index (χ1) is 7.65. The molecule has 2 aromatic rings. The second kappa shape index (κ2) is 4.99. The molecule has 0 aliphatic carbocycles. The molecule has 0 saturated carbocycles. The lowest BCUT2D eigenvalue weighted by atomic mass is 10.3. The zero-order valence-corrected chi connectivity index (χ0v) is 11.0. The molecule has 82 valence electrons. The van der Waals surface area contributed by atoms with Crippen LogP contribution in [0.25, 0.3) is 0 Å². The summed E-state index contributed by atoms with van der Waals surface area (Å²) in [6.07, 6.45) is 0. The average molecular weight is 319 g/mol. The molecular weight excluding hydrogens is 313 g/mol. The topological polar surface area (TPSA) is 37.8 Å². The molecule has 1 N–H and O–H groups in total. The first-order valence-corrected chi connectivity index (χ1v) is 5.91. The fraction of sp³-hybridized carbons (Fsp3) is 0. The van der Waals surface area contributed by atoms with Gasteiger partial charge in [0.15, 0.2) is 11.0 Å². The molecule has 0 aliphatic heterocycles. The van der Waals surface area contributed by atoms with Crippen LogP contribution in [-0.4, -0.2) is 10.2 Å². The molecule has 6 heteroatoms. The van der Waals surface area contributed by atoms with E-state index in [9.17, 15) is 0 Å². The molecule has 0 unspecified atom stereocenters. The molecule has 1 heterocycles. The number of nitrogens with one attached hydrogen (secondary N) is 1. The number of rotatable bonds is 2. The molecule has 0 spiro atoms. The van der Waals surface area contributed by atoms with E-state index in [0.717, 1.165) is 10.2 Å². The van der Waals surface area contributed by atoms with Crippen LogP contribution in [0.4, 0.5) is 11.5 Å². The van der Waals surface area contributed by atoms with Gasteiger partial charge in [-0.1, -0.05) is 23.2 Å². The zero-order chi connectivity index (χ0) is 11.5. The first kappa shape index (κ1) is 11.6. The summed E-state index contributed by atoms with van der Waals surface area (Å²) < 4.78 is 0.849. The van der Waals surface area contributed by atoms with Crippen molar-refractivity contribution in [2.24, 2.45) is 0 Å². The van der Waals surface area contributed by atoms with Crippen LogP contribution in [0.2, 0.25) is 10.2 Å². The van der Waals surface area contributed by atoms with Crippen molar-refractivity contribution in [3.63, 3.8) is 0 Å². The molecule has 0 atom stereocenters. The van der Waals surface area contributed by atoms with E-state index in [1.807, 2.05) is 12.1 Å². The van der Waals surface area contributed by atoms with Crippen molar-refractivity contribution < 1.29 is 0 Å². The van der Waals surface area contributed by atoms with Gasteiger partial charge >= 0.3 is 0 Å². The Morgan fingerprint density at radius 2 is 1.88 bits per heavy atom. The molecule has 16 heavy (non-hydrogen) atoms. The quantitative estimate of drug-likeness (QED) is 0.897. The lowest BCUT2D eigenvalue weighted by Crippen LogP contribution is -1.94. The third-order valence-electron chi connectivity index (χ3n) is 1.82. The Hall–Kier alpha value is -0.840. The van der Waals surface area contributed by atoms with E-state index in [0.29, 0.717) is 16.0 Å². The largest absolute Gasteiger partial charge is 0.339 e. The van der Waals surface area contributed by atoms with Crippen LogP contribution in [0, 0.1) is 0 Å². The molecular formula is C10H6BrCl2N3. The van der Waals surface area contributed by atoms with Gasteiger partial charge in [-0.25, -0.2) is 0 Å². The Labute approximate surface area is 111 Å². The van der Waals surface area contributed by atoms with Crippen LogP contribution < -0.4 is 5.32 Å². The molecule has 0 amide bonds. The number of benzene rings is 1. The van der Waals surface area contributed by atoms with Crippen molar-refractivity contribution in [2.45, 2.75) is 0 Å². The van der Waals surface area contributed by atoms with Gasteiger partial charge in [-0.05, 0) is 46.3 Å². The third-order valence-corrected chi connectivity index (χ3v) is 3.26. The van der Waals surface area contributed by atoms with E-state index in [4.69, 9.17) is 23.2 Å². The fourth-order valence-electron chi connectivity index (χ4n) is 1.10. The number of nitrogens with zero attached hydrogens (tertiary/aromatic N) is 2. The summed E-state index contributed by atoms with van der Waals surface area (Å²) in [5.41, 5.74) is 0.838. The zero-order valence-electron chi connectivity index (χ0n) is 7.92. The Morgan fingerprint density at radius 1 is 1.06 bits per heavy atom. The van der Waals surface area contributed by atoms with Gasteiger partial charge in [0.05, 0.1) is 5.02 Å². The number of hydrogen-bond donors (Lipinski definition) is 1. The number of hydrogen-bond acceptors (Lipinski definition) is 3. The molecule has 0 fully saturated rings. The van der Waals surface area contributed by atoms with Crippen molar-refractivity contribution >= 4 is 50.6 Å². The van der Waals surface area contributed by atoms with Crippen LogP contribution in [0.5, 0.6) is 0 Å². The number of aromatic nitrogens is 2. The number of anilines is 2. The molecule has 0 aliphatic rings. The highest BCUT2D eigenvalue weighted by atomic mass is 79.9. The van der Waals surface area contributed by atoms with Gasteiger partial charge in [-0.3, -0.25) is 0 Å².